The van der Waals surface area contributed by atoms with Crippen LogP contribution in [0.15, 0.2) is 48.1 Å². The fourth-order valence-corrected chi connectivity index (χ4v) is 5.26. The molecular formula is C21H20N4S2. The Labute approximate surface area is 166 Å². The highest BCUT2D eigenvalue weighted by Gasteiger charge is 2.14. The zero-order valence-electron chi connectivity index (χ0n) is 15.1. The summed E-state index contributed by atoms with van der Waals surface area (Å²) in [6.45, 7) is 2.17. The van der Waals surface area contributed by atoms with Crippen molar-refractivity contribution in [1.82, 2.24) is 14.9 Å². The number of thiophene rings is 1. The number of thiazole rings is 1. The van der Waals surface area contributed by atoms with Gasteiger partial charge in [0, 0.05) is 28.7 Å². The molecule has 6 heteroatoms. The highest BCUT2D eigenvalue weighted by Crippen LogP contribution is 2.36. The summed E-state index contributed by atoms with van der Waals surface area (Å²) in [6.07, 6.45) is 6.67. The summed E-state index contributed by atoms with van der Waals surface area (Å²) < 4.78 is 1.21. The van der Waals surface area contributed by atoms with Gasteiger partial charge in [0.15, 0.2) is 0 Å². The third-order valence-electron chi connectivity index (χ3n) is 4.94. The molecule has 3 aromatic heterocycles. The number of hydrogen-bond donors (Lipinski definition) is 1. The minimum absolute atomic E-state index is 1.01. The first-order valence-electron chi connectivity index (χ1n) is 9.13. The van der Waals surface area contributed by atoms with E-state index in [0.29, 0.717) is 0 Å². The maximum absolute atomic E-state index is 4.61. The van der Waals surface area contributed by atoms with E-state index in [0.717, 1.165) is 41.2 Å². The summed E-state index contributed by atoms with van der Waals surface area (Å²) in [6, 6.07) is 10.7. The average Bonchev–Trinajstić information content (AvgIpc) is 3.25. The van der Waals surface area contributed by atoms with Crippen LogP contribution in [-0.4, -0.2) is 35.0 Å². The van der Waals surface area contributed by atoms with E-state index >= 15 is 0 Å². The molecule has 0 amide bonds. The van der Waals surface area contributed by atoms with E-state index in [1.54, 1.807) is 22.7 Å². The summed E-state index contributed by atoms with van der Waals surface area (Å²) in [7, 11) is 2.20. The molecule has 0 fully saturated rings. The fraction of sp³-hybridized carbons (Fsp3) is 0.238. The molecule has 1 N–H and O–H groups in total. The molecular weight excluding hydrogens is 372 g/mol. The fourth-order valence-electron chi connectivity index (χ4n) is 3.55. The molecule has 0 unspecified atom stereocenters. The molecule has 0 atom stereocenters. The van der Waals surface area contributed by atoms with Crippen LogP contribution in [0.25, 0.3) is 26.0 Å². The molecule has 0 saturated heterocycles. The Bertz CT molecular complexity index is 1140. The maximum atomic E-state index is 4.61. The first kappa shape index (κ1) is 16.9. The summed E-state index contributed by atoms with van der Waals surface area (Å²) in [5, 5.41) is 4.75. The molecule has 0 saturated carbocycles. The summed E-state index contributed by atoms with van der Waals surface area (Å²) in [5.41, 5.74) is 6.50. The number of aromatic nitrogens is 2. The number of likely N-dealkylation sites (N-methyl/N-ethyl adjacent to an activating group) is 1. The van der Waals surface area contributed by atoms with Crippen molar-refractivity contribution < 1.29 is 0 Å². The summed E-state index contributed by atoms with van der Waals surface area (Å²) in [4.78, 5) is 13.8. The van der Waals surface area contributed by atoms with Gasteiger partial charge in [0.05, 0.1) is 21.4 Å². The maximum Gasteiger partial charge on any atom is 0.125 e. The van der Waals surface area contributed by atoms with Crippen molar-refractivity contribution in [1.29, 1.82) is 0 Å². The predicted octanol–water partition coefficient (Wildman–Crippen LogP) is 5.76. The molecule has 136 valence electrons. The number of nitrogens with one attached hydrogen (secondary N) is 1. The minimum atomic E-state index is 1.01. The quantitative estimate of drug-likeness (QED) is 0.481. The second-order valence-corrected chi connectivity index (χ2v) is 8.87. The molecule has 27 heavy (non-hydrogen) atoms. The monoisotopic (exact) mass is 392 g/mol. The van der Waals surface area contributed by atoms with Gasteiger partial charge in [-0.05, 0) is 62.3 Å². The second-order valence-electron chi connectivity index (χ2n) is 6.96. The molecule has 0 aliphatic carbocycles. The smallest absolute Gasteiger partial charge is 0.125 e. The number of allylic oxidation sites excluding steroid dienone is 1. The van der Waals surface area contributed by atoms with E-state index in [9.17, 15) is 0 Å². The zero-order valence-corrected chi connectivity index (χ0v) is 16.7. The summed E-state index contributed by atoms with van der Waals surface area (Å²) >= 11 is 3.46. The largest absolute Gasteiger partial charge is 0.355 e. The SMILES string of the molecule is CN1CCCC=C(c2cc3c(Nc4ccc5scnc5c4)ccnc3s2)C1. The number of hydrogen-bond acceptors (Lipinski definition) is 6. The molecule has 0 bridgehead atoms. The van der Waals surface area contributed by atoms with Gasteiger partial charge in [-0.15, -0.1) is 22.7 Å². The standard InChI is InChI=1S/C21H20N4S2/c1-25-9-3-2-4-14(12-25)20-11-16-17(7-8-22-21(16)27-20)24-15-5-6-19-18(10-15)23-13-26-19/h4-8,10-11,13H,2-3,9,12H2,1H3,(H,22,24). The normalized spacial score (nSPS) is 15.8. The number of rotatable bonds is 3. The van der Waals surface area contributed by atoms with Crippen molar-refractivity contribution in [3.05, 3.63) is 53.0 Å². The van der Waals surface area contributed by atoms with Crippen molar-refractivity contribution in [2.24, 2.45) is 0 Å². The van der Waals surface area contributed by atoms with Crippen LogP contribution in [0, 0.1) is 0 Å². The Morgan fingerprint density at radius 2 is 2.11 bits per heavy atom. The highest BCUT2D eigenvalue weighted by atomic mass is 32.1. The first-order chi connectivity index (χ1) is 13.3. The number of benzene rings is 1. The molecule has 1 aliphatic heterocycles. The molecule has 4 heterocycles. The lowest BCUT2D eigenvalue weighted by Gasteiger charge is -2.14. The van der Waals surface area contributed by atoms with Crippen molar-refractivity contribution in [3.8, 4) is 0 Å². The van der Waals surface area contributed by atoms with Crippen molar-refractivity contribution in [2.45, 2.75) is 12.8 Å². The van der Waals surface area contributed by atoms with Crippen LogP contribution in [0.4, 0.5) is 11.4 Å². The zero-order chi connectivity index (χ0) is 18.2. The lowest BCUT2D eigenvalue weighted by molar-refractivity contribution is 0.377. The third-order valence-corrected chi connectivity index (χ3v) is 6.87. The van der Waals surface area contributed by atoms with Gasteiger partial charge in [0.25, 0.3) is 0 Å². The third kappa shape index (κ3) is 3.36. The van der Waals surface area contributed by atoms with Crippen LogP contribution in [0.1, 0.15) is 17.7 Å². The van der Waals surface area contributed by atoms with Crippen LogP contribution < -0.4 is 5.32 Å². The summed E-state index contributed by atoms with van der Waals surface area (Å²) in [5.74, 6) is 0. The van der Waals surface area contributed by atoms with Crippen molar-refractivity contribution >= 4 is 60.1 Å². The lowest BCUT2D eigenvalue weighted by atomic mass is 10.1. The van der Waals surface area contributed by atoms with Gasteiger partial charge in [-0.2, -0.15) is 0 Å². The average molecular weight is 393 g/mol. The lowest BCUT2D eigenvalue weighted by Crippen LogP contribution is -2.19. The van der Waals surface area contributed by atoms with Crippen LogP contribution in [0.3, 0.4) is 0 Å². The van der Waals surface area contributed by atoms with E-state index in [-0.39, 0.29) is 0 Å². The predicted molar refractivity (Wildman–Crippen MR) is 117 cm³/mol. The second kappa shape index (κ2) is 7.03. The number of pyridine rings is 1. The van der Waals surface area contributed by atoms with Gasteiger partial charge in [0.1, 0.15) is 4.83 Å². The molecule has 0 radical (unpaired) electrons. The van der Waals surface area contributed by atoms with E-state index in [1.165, 1.54) is 27.0 Å². The minimum Gasteiger partial charge on any atom is -0.355 e. The van der Waals surface area contributed by atoms with E-state index < -0.39 is 0 Å². The highest BCUT2D eigenvalue weighted by molar-refractivity contribution is 7.19. The van der Waals surface area contributed by atoms with Crippen LogP contribution in [0.2, 0.25) is 0 Å². The topological polar surface area (TPSA) is 41.0 Å². The van der Waals surface area contributed by atoms with Crippen molar-refractivity contribution in [2.75, 3.05) is 25.5 Å². The van der Waals surface area contributed by atoms with Crippen molar-refractivity contribution in [3.63, 3.8) is 0 Å². The Kier molecular flexibility index (Phi) is 4.39. The molecule has 1 aliphatic rings. The molecule has 1 aromatic carbocycles. The van der Waals surface area contributed by atoms with Crippen LogP contribution in [-0.2, 0) is 0 Å². The Hall–Kier alpha value is -2.28. The van der Waals surface area contributed by atoms with Gasteiger partial charge >= 0.3 is 0 Å². The van der Waals surface area contributed by atoms with E-state index in [2.05, 4.69) is 63.6 Å². The van der Waals surface area contributed by atoms with E-state index in [1.807, 2.05) is 11.7 Å². The Morgan fingerprint density at radius 1 is 1.15 bits per heavy atom. The van der Waals surface area contributed by atoms with Crippen LogP contribution in [0.5, 0.6) is 0 Å². The Morgan fingerprint density at radius 3 is 3.07 bits per heavy atom. The number of nitrogens with zero attached hydrogens (tertiary/aromatic N) is 3. The van der Waals surface area contributed by atoms with E-state index in [4.69, 9.17) is 0 Å². The Balaban J connectivity index is 1.51. The molecule has 4 aromatic rings. The molecule has 4 nitrogen and oxygen atoms in total. The number of fused-ring (bicyclic) bond motifs is 2. The van der Waals surface area contributed by atoms with Gasteiger partial charge in [-0.25, -0.2) is 9.97 Å². The van der Waals surface area contributed by atoms with Gasteiger partial charge in [0.2, 0.25) is 0 Å². The first-order valence-corrected chi connectivity index (χ1v) is 10.8. The number of anilines is 2. The van der Waals surface area contributed by atoms with Gasteiger partial charge < -0.3 is 10.2 Å². The van der Waals surface area contributed by atoms with Gasteiger partial charge in [-0.1, -0.05) is 6.08 Å². The molecule has 0 spiro atoms. The van der Waals surface area contributed by atoms with Gasteiger partial charge in [-0.3, -0.25) is 0 Å². The van der Waals surface area contributed by atoms with Crippen LogP contribution >= 0.6 is 22.7 Å². The molecule has 5 rings (SSSR count).